The van der Waals surface area contributed by atoms with Crippen LogP contribution in [0.3, 0.4) is 0 Å². The summed E-state index contributed by atoms with van der Waals surface area (Å²) in [5.74, 6) is 0. The lowest BCUT2D eigenvalue weighted by molar-refractivity contribution is 0.742. The predicted octanol–water partition coefficient (Wildman–Crippen LogP) is 3.53. The number of benzene rings is 1. The summed E-state index contributed by atoms with van der Waals surface area (Å²) >= 11 is 5.54. The number of halogens is 1. The van der Waals surface area contributed by atoms with Gasteiger partial charge in [-0.1, -0.05) is 6.07 Å². The molecule has 94 valence electrons. The summed E-state index contributed by atoms with van der Waals surface area (Å²) in [7, 11) is 0. The van der Waals surface area contributed by atoms with Crippen molar-refractivity contribution in [3.8, 4) is 0 Å². The lowest BCUT2D eigenvalue weighted by atomic mass is 10.1. The third kappa shape index (κ3) is 2.20. The van der Waals surface area contributed by atoms with Gasteiger partial charge in [0, 0.05) is 29.0 Å². The molecule has 4 heteroatoms. The highest BCUT2D eigenvalue weighted by molar-refractivity contribution is 9.10. The van der Waals surface area contributed by atoms with E-state index in [1.165, 1.54) is 16.8 Å². The highest BCUT2D eigenvalue weighted by atomic mass is 79.9. The molecule has 0 aliphatic carbocycles. The van der Waals surface area contributed by atoms with Crippen LogP contribution in [0, 0.1) is 0 Å². The number of hydrogen-bond acceptors (Lipinski definition) is 3. The van der Waals surface area contributed by atoms with E-state index in [0.29, 0.717) is 6.54 Å². The van der Waals surface area contributed by atoms with E-state index >= 15 is 0 Å². The van der Waals surface area contributed by atoms with Crippen LogP contribution < -0.4 is 10.6 Å². The smallest absolute Gasteiger partial charge is 0.0513 e. The normalized spacial score (nSPS) is 14.7. The molecule has 1 aliphatic rings. The van der Waals surface area contributed by atoms with Crippen LogP contribution in [0.25, 0.3) is 0 Å². The maximum Gasteiger partial charge on any atom is 0.0513 e. The summed E-state index contributed by atoms with van der Waals surface area (Å²) in [6.45, 7) is 2.70. The van der Waals surface area contributed by atoms with Gasteiger partial charge in [-0.25, -0.2) is 0 Å². The highest BCUT2D eigenvalue weighted by Gasteiger charge is 2.18. The maximum atomic E-state index is 5.66. The molecule has 2 N–H and O–H groups in total. The van der Waals surface area contributed by atoms with Gasteiger partial charge in [0.25, 0.3) is 0 Å². The summed E-state index contributed by atoms with van der Waals surface area (Å²) in [4.78, 5) is 3.97. The van der Waals surface area contributed by atoms with Crippen molar-refractivity contribution in [1.29, 1.82) is 0 Å². The molecule has 0 unspecified atom stereocenters. The molecule has 0 fully saturated rings. The minimum Gasteiger partial charge on any atom is -0.366 e. The van der Waals surface area contributed by atoms with E-state index in [4.69, 9.17) is 5.73 Å². The standard InChI is InChI=1S/C14H15BrN2S/c15-12-7-10(8-16)1-2-13(12)17-5-3-14-11(9-17)4-6-18-14/h1-2,4,6-7H,3,5,8-9,16H2. The summed E-state index contributed by atoms with van der Waals surface area (Å²) < 4.78 is 1.14. The summed E-state index contributed by atoms with van der Waals surface area (Å²) in [5, 5.41) is 2.20. The Labute approximate surface area is 120 Å². The van der Waals surface area contributed by atoms with Crippen molar-refractivity contribution in [3.05, 3.63) is 50.1 Å². The number of nitrogens with zero attached hydrogens (tertiary/aromatic N) is 1. The zero-order chi connectivity index (χ0) is 12.5. The molecule has 2 nitrogen and oxygen atoms in total. The largest absolute Gasteiger partial charge is 0.366 e. The number of rotatable bonds is 2. The number of thiophene rings is 1. The molecule has 0 radical (unpaired) electrons. The second-order valence-corrected chi connectivity index (χ2v) is 6.39. The average Bonchev–Trinajstić information content (AvgIpc) is 2.85. The van der Waals surface area contributed by atoms with Gasteiger partial charge in [0.1, 0.15) is 0 Å². The number of hydrogen-bond donors (Lipinski definition) is 1. The van der Waals surface area contributed by atoms with E-state index in [0.717, 1.165) is 24.0 Å². The van der Waals surface area contributed by atoms with Crippen molar-refractivity contribution in [2.45, 2.75) is 19.5 Å². The van der Waals surface area contributed by atoms with E-state index in [1.807, 2.05) is 11.3 Å². The van der Waals surface area contributed by atoms with Crippen LogP contribution in [0.1, 0.15) is 16.0 Å². The molecule has 3 rings (SSSR count). The first-order valence-corrected chi connectivity index (χ1v) is 7.74. The zero-order valence-electron chi connectivity index (χ0n) is 10.0. The van der Waals surface area contributed by atoms with Crippen molar-refractivity contribution in [2.24, 2.45) is 5.73 Å². The summed E-state index contributed by atoms with van der Waals surface area (Å²) in [5.41, 5.74) is 9.57. The van der Waals surface area contributed by atoms with E-state index < -0.39 is 0 Å². The van der Waals surface area contributed by atoms with Crippen LogP contribution in [0.5, 0.6) is 0 Å². The van der Waals surface area contributed by atoms with Crippen molar-refractivity contribution >= 4 is 33.0 Å². The first-order valence-electron chi connectivity index (χ1n) is 6.06. The van der Waals surface area contributed by atoms with E-state index in [1.54, 1.807) is 4.88 Å². The molecule has 18 heavy (non-hydrogen) atoms. The molecule has 0 saturated heterocycles. The van der Waals surface area contributed by atoms with Gasteiger partial charge in [-0.2, -0.15) is 0 Å². The molecule has 0 saturated carbocycles. The third-order valence-corrected chi connectivity index (χ3v) is 5.05. The Morgan fingerprint density at radius 2 is 2.22 bits per heavy atom. The number of nitrogens with two attached hydrogens (primary N) is 1. The van der Waals surface area contributed by atoms with Crippen LogP contribution in [-0.2, 0) is 19.5 Å². The molecule has 2 aromatic rings. The maximum absolute atomic E-state index is 5.66. The molecule has 1 aromatic carbocycles. The Balaban J connectivity index is 1.88. The SMILES string of the molecule is NCc1ccc(N2CCc3sccc3C2)c(Br)c1. The molecule has 1 aliphatic heterocycles. The summed E-state index contributed by atoms with van der Waals surface area (Å²) in [6, 6.07) is 8.65. The van der Waals surface area contributed by atoms with Crippen molar-refractivity contribution in [2.75, 3.05) is 11.4 Å². The number of anilines is 1. The minimum absolute atomic E-state index is 0.591. The van der Waals surface area contributed by atoms with Crippen molar-refractivity contribution in [3.63, 3.8) is 0 Å². The Kier molecular flexibility index (Phi) is 3.41. The topological polar surface area (TPSA) is 29.3 Å². The van der Waals surface area contributed by atoms with Gasteiger partial charge in [-0.05, 0) is 57.1 Å². The van der Waals surface area contributed by atoms with E-state index in [2.05, 4.69) is 50.5 Å². The van der Waals surface area contributed by atoms with Crippen LogP contribution in [-0.4, -0.2) is 6.54 Å². The van der Waals surface area contributed by atoms with Gasteiger partial charge in [0.15, 0.2) is 0 Å². The van der Waals surface area contributed by atoms with Gasteiger partial charge in [0.2, 0.25) is 0 Å². The van der Waals surface area contributed by atoms with Crippen LogP contribution in [0.4, 0.5) is 5.69 Å². The molecular weight excluding hydrogens is 308 g/mol. The first kappa shape index (κ1) is 12.2. The van der Waals surface area contributed by atoms with Crippen molar-refractivity contribution in [1.82, 2.24) is 0 Å². The van der Waals surface area contributed by atoms with Gasteiger partial charge < -0.3 is 10.6 Å². The molecular formula is C14H15BrN2S. The monoisotopic (exact) mass is 322 g/mol. The molecule has 0 spiro atoms. The zero-order valence-corrected chi connectivity index (χ0v) is 12.4. The van der Waals surface area contributed by atoms with Gasteiger partial charge in [-0.3, -0.25) is 0 Å². The van der Waals surface area contributed by atoms with Gasteiger partial charge in [-0.15, -0.1) is 11.3 Å². The second kappa shape index (κ2) is 5.03. The quantitative estimate of drug-likeness (QED) is 0.916. The molecule has 2 heterocycles. The van der Waals surface area contributed by atoms with Crippen LogP contribution in [0.15, 0.2) is 34.1 Å². The van der Waals surface area contributed by atoms with Crippen LogP contribution in [0.2, 0.25) is 0 Å². The minimum atomic E-state index is 0.591. The van der Waals surface area contributed by atoms with Crippen LogP contribution >= 0.6 is 27.3 Å². The Hall–Kier alpha value is -0.840. The predicted molar refractivity (Wildman–Crippen MR) is 81.1 cm³/mol. The highest BCUT2D eigenvalue weighted by Crippen LogP contribution is 2.32. The Morgan fingerprint density at radius 3 is 3.00 bits per heavy atom. The lowest BCUT2D eigenvalue weighted by Crippen LogP contribution is -2.29. The Bertz CT molecular complexity index is 565. The first-order chi connectivity index (χ1) is 8.78. The molecule has 1 aromatic heterocycles. The molecule has 0 amide bonds. The second-order valence-electron chi connectivity index (χ2n) is 4.53. The van der Waals surface area contributed by atoms with Gasteiger partial charge >= 0.3 is 0 Å². The summed E-state index contributed by atoms with van der Waals surface area (Å²) in [6.07, 6.45) is 1.15. The fraction of sp³-hybridized carbons (Fsp3) is 0.286. The fourth-order valence-corrected chi connectivity index (χ4v) is 3.95. The third-order valence-electron chi connectivity index (χ3n) is 3.40. The van der Waals surface area contributed by atoms with Gasteiger partial charge in [0.05, 0.1) is 5.69 Å². The average molecular weight is 323 g/mol. The van der Waals surface area contributed by atoms with E-state index in [9.17, 15) is 0 Å². The Morgan fingerprint density at radius 1 is 1.33 bits per heavy atom. The lowest BCUT2D eigenvalue weighted by Gasteiger charge is -2.30. The number of fused-ring (bicyclic) bond motifs is 1. The molecule has 0 bridgehead atoms. The fourth-order valence-electron chi connectivity index (χ4n) is 2.39. The molecule has 0 atom stereocenters. The van der Waals surface area contributed by atoms with Crippen molar-refractivity contribution < 1.29 is 0 Å². The van der Waals surface area contributed by atoms with E-state index in [-0.39, 0.29) is 0 Å².